The molecule has 0 atom stereocenters. The Labute approximate surface area is 124 Å². The van der Waals surface area contributed by atoms with Gasteiger partial charge in [0, 0.05) is 15.5 Å². The van der Waals surface area contributed by atoms with Crippen LogP contribution in [0.3, 0.4) is 0 Å². The fourth-order valence-corrected chi connectivity index (χ4v) is 2.34. The van der Waals surface area contributed by atoms with E-state index in [1.165, 1.54) is 6.33 Å². The Balaban J connectivity index is 2.09. The second-order valence-corrected chi connectivity index (χ2v) is 5.27. The molecule has 5 nitrogen and oxygen atoms in total. The van der Waals surface area contributed by atoms with Gasteiger partial charge in [-0.2, -0.15) is 0 Å². The SMILES string of the molecule is Nc1cc2ncnc(Nc3cccc(Br)c3)c2cc1N. The number of nitrogens with one attached hydrogen (secondary N) is 1. The molecule has 100 valence electrons. The van der Waals surface area contributed by atoms with Gasteiger partial charge in [0.15, 0.2) is 0 Å². The maximum Gasteiger partial charge on any atom is 0.141 e. The van der Waals surface area contributed by atoms with Gasteiger partial charge < -0.3 is 16.8 Å². The molecule has 3 rings (SSSR count). The van der Waals surface area contributed by atoms with Crippen LogP contribution in [0.2, 0.25) is 0 Å². The quantitative estimate of drug-likeness (QED) is 0.627. The Morgan fingerprint density at radius 3 is 2.60 bits per heavy atom. The van der Waals surface area contributed by atoms with Gasteiger partial charge in [-0.15, -0.1) is 0 Å². The van der Waals surface area contributed by atoms with Gasteiger partial charge in [-0.1, -0.05) is 22.0 Å². The van der Waals surface area contributed by atoms with Crippen LogP contribution in [0.15, 0.2) is 47.2 Å². The van der Waals surface area contributed by atoms with E-state index in [0.29, 0.717) is 17.2 Å². The molecule has 0 aliphatic carbocycles. The monoisotopic (exact) mass is 329 g/mol. The maximum absolute atomic E-state index is 5.86. The minimum atomic E-state index is 0.518. The van der Waals surface area contributed by atoms with E-state index in [1.807, 2.05) is 24.3 Å². The molecule has 0 amide bonds. The highest BCUT2D eigenvalue weighted by Gasteiger charge is 2.07. The van der Waals surface area contributed by atoms with Crippen LogP contribution < -0.4 is 16.8 Å². The lowest BCUT2D eigenvalue weighted by Gasteiger charge is -2.10. The highest BCUT2D eigenvalue weighted by atomic mass is 79.9. The number of fused-ring (bicyclic) bond motifs is 1. The van der Waals surface area contributed by atoms with Crippen molar-refractivity contribution in [3.8, 4) is 0 Å². The van der Waals surface area contributed by atoms with Crippen LogP contribution in [0.4, 0.5) is 22.9 Å². The number of halogens is 1. The average molecular weight is 330 g/mol. The van der Waals surface area contributed by atoms with Crippen LogP contribution >= 0.6 is 15.9 Å². The Hall–Kier alpha value is -2.34. The van der Waals surface area contributed by atoms with Gasteiger partial charge >= 0.3 is 0 Å². The normalized spacial score (nSPS) is 10.7. The standard InChI is InChI=1S/C14H12BrN5/c15-8-2-1-3-9(4-8)20-14-10-5-11(16)12(17)6-13(10)18-7-19-14/h1-7H,16-17H2,(H,18,19,20). The van der Waals surface area contributed by atoms with Crippen molar-refractivity contribution < 1.29 is 0 Å². The second kappa shape index (κ2) is 4.97. The Bertz CT molecular complexity index is 788. The number of aromatic nitrogens is 2. The Kier molecular flexibility index (Phi) is 3.15. The number of benzene rings is 2. The van der Waals surface area contributed by atoms with E-state index >= 15 is 0 Å². The Morgan fingerprint density at radius 1 is 1.00 bits per heavy atom. The summed E-state index contributed by atoms with van der Waals surface area (Å²) in [6, 6.07) is 11.4. The van der Waals surface area contributed by atoms with E-state index in [0.717, 1.165) is 21.1 Å². The molecule has 0 fully saturated rings. The molecule has 0 saturated carbocycles. The van der Waals surface area contributed by atoms with Gasteiger partial charge in [0.1, 0.15) is 12.1 Å². The average Bonchev–Trinajstić information content (AvgIpc) is 2.41. The molecule has 0 aliphatic rings. The summed E-state index contributed by atoms with van der Waals surface area (Å²) in [6.45, 7) is 0. The summed E-state index contributed by atoms with van der Waals surface area (Å²) in [5.41, 5.74) is 14.4. The van der Waals surface area contributed by atoms with Gasteiger partial charge in [0.2, 0.25) is 0 Å². The molecule has 3 aromatic rings. The van der Waals surface area contributed by atoms with Crippen molar-refractivity contribution in [1.82, 2.24) is 9.97 Å². The van der Waals surface area contributed by atoms with E-state index in [4.69, 9.17) is 11.5 Å². The predicted molar refractivity (Wildman–Crippen MR) is 85.8 cm³/mol. The number of anilines is 4. The van der Waals surface area contributed by atoms with Crippen LogP contribution in [0.5, 0.6) is 0 Å². The second-order valence-electron chi connectivity index (χ2n) is 4.36. The molecule has 5 N–H and O–H groups in total. The zero-order valence-electron chi connectivity index (χ0n) is 10.5. The molecule has 1 heterocycles. The number of rotatable bonds is 2. The molecule has 1 aromatic heterocycles. The summed E-state index contributed by atoms with van der Waals surface area (Å²) < 4.78 is 0.990. The maximum atomic E-state index is 5.86. The van der Waals surface area contributed by atoms with Crippen molar-refractivity contribution in [3.05, 3.63) is 47.2 Å². The highest BCUT2D eigenvalue weighted by Crippen LogP contribution is 2.28. The van der Waals surface area contributed by atoms with Crippen LogP contribution in [-0.4, -0.2) is 9.97 Å². The summed E-state index contributed by atoms with van der Waals surface area (Å²) in [5.74, 6) is 0.694. The van der Waals surface area contributed by atoms with Crippen molar-refractivity contribution in [3.63, 3.8) is 0 Å². The van der Waals surface area contributed by atoms with Gasteiger partial charge in [-0.25, -0.2) is 9.97 Å². The third-order valence-corrected chi connectivity index (χ3v) is 3.42. The first-order valence-electron chi connectivity index (χ1n) is 5.96. The van der Waals surface area contributed by atoms with Crippen molar-refractivity contribution in [2.75, 3.05) is 16.8 Å². The fourth-order valence-electron chi connectivity index (χ4n) is 1.94. The van der Waals surface area contributed by atoms with Crippen LogP contribution in [-0.2, 0) is 0 Å². The molecule has 0 radical (unpaired) electrons. The lowest BCUT2D eigenvalue weighted by molar-refractivity contribution is 1.22. The number of hydrogen-bond donors (Lipinski definition) is 3. The third kappa shape index (κ3) is 2.37. The number of hydrogen-bond acceptors (Lipinski definition) is 5. The summed E-state index contributed by atoms with van der Waals surface area (Å²) >= 11 is 3.44. The first-order chi connectivity index (χ1) is 9.63. The molecule has 20 heavy (non-hydrogen) atoms. The van der Waals surface area contributed by atoms with E-state index in [-0.39, 0.29) is 0 Å². The summed E-state index contributed by atoms with van der Waals surface area (Å²) in [4.78, 5) is 8.48. The van der Waals surface area contributed by atoms with Gasteiger partial charge in [0.25, 0.3) is 0 Å². The van der Waals surface area contributed by atoms with E-state index in [2.05, 4.69) is 31.2 Å². The third-order valence-electron chi connectivity index (χ3n) is 2.93. The summed E-state index contributed by atoms with van der Waals surface area (Å²) in [7, 11) is 0. The molecular formula is C14H12BrN5. The van der Waals surface area contributed by atoms with Gasteiger partial charge in [-0.05, 0) is 30.3 Å². The number of nitrogens with zero attached hydrogens (tertiary/aromatic N) is 2. The lowest BCUT2D eigenvalue weighted by atomic mass is 10.2. The van der Waals surface area contributed by atoms with Crippen molar-refractivity contribution in [2.24, 2.45) is 0 Å². The van der Waals surface area contributed by atoms with E-state index in [9.17, 15) is 0 Å². The number of nitrogen functional groups attached to an aromatic ring is 2. The zero-order valence-corrected chi connectivity index (χ0v) is 12.1. The lowest BCUT2D eigenvalue weighted by Crippen LogP contribution is -1.99. The molecule has 0 unspecified atom stereocenters. The molecule has 6 heteroatoms. The van der Waals surface area contributed by atoms with E-state index in [1.54, 1.807) is 12.1 Å². The van der Waals surface area contributed by atoms with E-state index < -0.39 is 0 Å². The molecule has 0 bridgehead atoms. The number of nitrogens with two attached hydrogens (primary N) is 2. The largest absolute Gasteiger partial charge is 0.397 e. The van der Waals surface area contributed by atoms with Crippen molar-refractivity contribution in [1.29, 1.82) is 0 Å². The van der Waals surface area contributed by atoms with Crippen LogP contribution in [0.25, 0.3) is 10.9 Å². The minimum Gasteiger partial charge on any atom is -0.397 e. The highest BCUT2D eigenvalue weighted by molar-refractivity contribution is 9.10. The smallest absolute Gasteiger partial charge is 0.141 e. The van der Waals surface area contributed by atoms with Crippen LogP contribution in [0, 0.1) is 0 Å². The first kappa shape index (κ1) is 12.7. The Morgan fingerprint density at radius 2 is 1.80 bits per heavy atom. The molecule has 0 spiro atoms. The van der Waals surface area contributed by atoms with Gasteiger partial charge in [0.05, 0.1) is 16.9 Å². The van der Waals surface area contributed by atoms with Crippen molar-refractivity contribution >= 4 is 49.7 Å². The van der Waals surface area contributed by atoms with Crippen LogP contribution in [0.1, 0.15) is 0 Å². The fraction of sp³-hybridized carbons (Fsp3) is 0. The topological polar surface area (TPSA) is 89.8 Å². The molecule has 0 aliphatic heterocycles. The molecule has 0 saturated heterocycles. The molecular weight excluding hydrogens is 318 g/mol. The predicted octanol–water partition coefficient (Wildman–Crippen LogP) is 3.30. The summed E-state index contributed by atoms with van der Waals surface area (Å²) in [6.07, 6.45) is 1.50. The van der Waals surface area contributed by atoms with Gasteiger partial charge in [-0.3, -0.25) is 0 Å². The molecule has 2 aromatic carbocycles. The summed E-state index contributed by atoms with van der Waals surface area (Å²) in [5, 5.41) is 4.09. The minimum absolute atomic E-state index is 0.518. The van der Waals surface area contributed by atoms with Crippen molar-refractivity contribution in [2.45, 2.75) is 0 Å². The zero-order chi connectivity index (χ0) is 14.1. The first-order valence-corrected chi connectivity index (χ1v) is 6.75.